The molecule has 1 aliphatic rings. The summed E-state index contributed by atoms with van der Waals surface area (Å²) >= 11 is 6.23. The van der Waals surface area contributed by atoms with Crippen LogP contribution in [-0.2, 0) is 9.59 Å². The molecular weight excluding hydrogens is 431 g/mol. The van der Waals surface area contributed by atoms with Gasteiger partial charge in [-0.3, -0.25) is 9.59 Å². The molecule has 0 atom stereocenters. The highest BCUT2D eigenvalue weighted by atomic mass is 35.5. The summed E-state index contributed by atoms with van der Waals surface area (Å²) in [7, 11) is 0. The normalized spacial score (nSPS) is 13.7. The zero-order chi connectivity index (χ0) is 22.8. The van der Waals surface area contributed by atoms with E-state index in [1.807, 2.05) is 13.8 Å². The second kappa shape index (κ2) is 8.85. The zero-order valence-electron chi connectivity index (χ0n) is 17.5. The number of halogens is 2. The number of hydrogen-bond acceptors (Lipinski definition) is 4. The summed E-state index contributed by atoms with van der Waals surface area (Å²) in [5, 5.41) is 3.62. The summed E-state index contributed by atoms with van der Waals surface area (Å²) in [4.78, 5) is 28.0. The molecule has 5 nitrogen and oxygen atoms in total. The molecule has 0 unspecified atom stereocenters. The van der Waals surface area contributed by atoms with Crippen molar-refractivity contribution in [2.45, 2.75) is 13.8 Å². The van der Waals surface area contributed by atoms with Gasteiger partial charge in [-0.2, -0.15) is 0 Å². The maximum Gasteiger partial charge on any atom is 0.282 e. The SMILES string of the molecule is CCOc1cccc(N2C(=O)C(Nc3cccc(Cl)c3C)=C(c3ccc(F)cc3)C2=O)c1. The van der Waals surface area contributed by atoms with Crippen molar-refractivity contribution in [1.82, 2.24) is 0 Å². The Hall–Kier alpha value is -3.64. The highest BCUT2D eigenvalue weighted by Crippen LogP contribution is 2.36. The van der Waals surface area contributed by atoms with E-state index in [1.165, 1.54) is 24.3 Å². The molecule has 1 heterocycles. The minimum atomic E-state index is -0.526. The minimum absolute atomic E-state index is 0.0915. The first-order chi connectivity index (χ1) is 15.4. The predicted octanol–water partition coefficient (Wildman–Crippen LogP) is 5.58. The average molecular weight is 451 g/mol. The number of nitrogens with zero attached hydrogens (tertiary/aromatic N) is 1. The lowest BCUT2D eigenvalue weighted by molar-refractivity contribution is -0.120. The van der Waals surface area contributed by atoms with E-state index in [0.29, 0.717) is 34.3 Å². The Bertz CT molecular complexity index is 1240. The lowest BCUT2D eigenvalue weighted by Crippen LogP contribution is -2.32. The second-order valence-electron chi connectivity index (χ2n) is 7.17. The number of rotatable bonds is 6. The van der Waals surface area contributed by atoms with E-state index in [4.69, 9.17) is 16.3 Å². The van der Waals surface area contributed by atoms with E-state index in [-0.39, 0.29) is 11.3 Å². The monoisotopic (exact) mass is 450 g/mol. The first-order valence-electron chi connectivity index (χ1n) is 10.0. The molecule has 7 heteroatoms. The minimum Gasteiger partial charge on any atom is -0.494 e. The maximum absolute atomic E-state index is 13.5. The van der Waals surface area contributed by atoms with Crippen LogP contribution in [0.5, 0.6) is 5.75 Å². The first-order valence-corrected chi connectivity index (χ1v) is 10.4. The number of anilines is 2. The van der Waals surface area contributed by atoms with Gasteiger partial charge in [0.2, 0.25) is 0 Å². The van der Waals surface area contributed by atoms with Crippen molar-refractivity contribution in [2.75, 3.05) is 16.8 Å². The number of amides is 2. The Morgan fingerprint density at radius 3 is 2.44 bits per heavy atom. The van der Waals surface area contributed by atoms with E-state index >= 15 is 0 Å². The van der Waals surface area contributed by atoms with E-state index in [0.717, 1.165) is 10.5 Å². The molecule has 3 aromatic carbocycles. The third-order valence-electron chi connectivity index (χ3n) is 5.13. The van der Waals surface area contributed by atoms with Crippen LogP contribution < -0.4 is 15.0 Å². The Balaban J connectivity index is 1.82. The topological polar surface area (TPSA) is 58.6 Å². The molecule has 0 spiro atoms. The van der Waals surface area contributed by atoms with Crippen LogP contribution in [0.15, 0.2) is 72.4 Å². The summed E-state index contributed by atoms with van der Waals surface area (Å²) in [6, 6.07) is 17.5. The van der Waals surface area contributed by atoms with Crippen molar-refractivity contribution in [3.63, 3.8) is 0 Å². The van der Waals surface area contributed by atoms with Crippen LogP contribution in [0.2, 0.25) is 5.02 Å². The second-order valence-corrected chi connectivity index (χ2v) is 7.58. The van der Waals surface area contributed by atoms with Gasteiger partial charge in [0.15, 0.2) is 0 Å². The van der Waals surface area contributed by atoms with Gasteiger partial charge in [0.1, 0.15) is 17.3 Å². The lowest BCUT2D eigenvalue weighted by Gasteiger charge is -2.17. The van der Waals surface area contributed by atoms with E-state index < -0.39 is 17.6 Å². The molecule has 0 bridgehead atoms. The number of hydrogen-bond donors (Lipinski definition) is 1. The molecule has 32 heavy (non-hydrogen) atoms. The number of nitrogens with one attached hydrogen (secondary N) is 1. The van der Waals surface area contributed by atoms with Gasteiger partial charge in [0, 0.05) is 16.8 Å². The van der Waals surface area contributed by atoms with Gasteiger partial charge >= 0.3 is 0 Å². The van der Waals surface area contributed by atoms with Crippen molar-refractivity contribution in [3.8, 4) is 5.75 Å². The Kier molecular flexibility index (Phi) is 5.97. The van der Waals surface area contributed by atoms with Gasteiger partial charge in [0.05, 0.1) is 17.9 Å². The molecular formula is C25H20ClFN2O3. The third kappa shape index (κ3) is 3.97. The van der Waals surface area contributed by atoms with E-state index in [9.17, 15) is 14.0 Å². The fraction of sp³-hybridized carbons (Fsp3) is 0.120. The Labute approximate surface area is 190 Å². The number of ether oxygens (including phenoxy) is 1. The molecule has 0 saturated heterocycles. The molecule has 3 aromatic rings. The summed E-state index contributed by atoms with van der Waals surface area (Å²) in [6.07, 6.45) is 0. The van der Waals surface area contributed by atoms with Crippen LogP contribution >= 0.6 is 11.6 Å². The highest BCUT2D eigenvalue weighted by molar-refractivity contribution is 6.46. The maximum atomic E-state index is 13.5. The molecule has 1 aliphatic heterocycles. The summed E-state index contributed by atoms with van der Waals surface area (Å²) in [5.74, 6) is -0.937. The molecule has 2 amide bonds. The molecule has 1 N–H and O–H groups in total. The first kappa shape index (κ1) is 21.6. The van der Waals surface area contributed by atoms with Crippen LogP contribution in [0.4, 0.5) is 15.8 Å². The fourth-order valence-electron chi connectivity index (χ4n) is 3.52. The predicted molar refractivity (Wildman–Crippen MR) is 123 cm³/mol. The van der Waals surface area contributed by atoms with Gasteiger partial charge in [-0.15, -0.1) is 0 Å². The zero-order valence-corrected chi connectivity index (χ0v) is 18.2. The Morgan fingerprint density at radius 1 is 1.00 bits per heavy atom. The Morgan fingerprint density at radius 2 is 1.72 bits per heavy atom. The van der Waals surface area contributed by atoms with Crippen molar-refractivity contribution in [1.29, 1.82) is 0 Å². The molecule has 0 radical (unpaired) electrons. The van der Waals surface area contributed by atoms with Gasteiger partial charge in [-0.05, 0) is 61.4 Å². The third-order valence-corrected chi connectivity index (χ3v) is 5.54. The van der Waals surface area contributed by atoms with Crippen LogP contribution in [-0.4, -0.2) is 18.4 Å². The van der Waals surface area contributed by atoms with Gasteiger partial charge in [0.25, 0.3) is 11.8 Å². The molecule has 4 rings (SSSR count). The lowest BCUT2D eigenvalue weighted by atomic mass is 10.0. The van der Waals surface area contributed by atoms with Gasteiger partial charge in [-0.1, -0.05) is 35.9 Å². The van der Waals surface area contributed by atoms with E-state index in [2.05, 4.69) is 5.32 Å². The van der Waals surface area contributed by atoms with E-state index in [1.54, 1.807) is 42.5 Å². The number of carbonyl (C=O) groups excluding carboxylic acids is 2. The molecule has 162 valence electrons. The van der Waals surface area contributed by atoms with Gasteiger partial charge < -0.3 is 10.1 Å². The number of imide groups is 1. The largest absolute Gasteiger partial charge is 0.494 e. The van der Waals surface area contributed by atoms with Crippen molar-refractivity contribution in [2.24, 2.45) is 0 Å². The summed E-state index contributed by atoms with van der Waals surface area (Å²) in [6.45, 7) is 4.11. The van der Waals surface area contributed by atoms with Crippen LogP contribution in [0.1, 0.15) is 18.1 Å². The number of benzene rings is 3. The van der Waals surface area contributed by atoms with Gasteiger partial charge in [-0.25, -0.2) is 9.29 Å². The van der Waals surface area contributed by atoms with Crippen LogP contribution in [0.25, 0.3) is 5.57 Å². The quantitative estimate of drug-likeness (QED) is 0.498. The highest BCUT2D eigenvalue weighted by Gasteiger charge is 2.40. The van der Waals surface area contributed by atoms with Crippen LogP contribution in [0, 0.1) is 12.7 Å². The summed E-state index contributed by atoms with van der Waals surface area (Å²) < 4.78 is 19.0. The van der Waals surface area contributed by atoms with Crippen molar-refractivity contribution in [3.05, 3.63) is 94.4 Å². The number of carbonyl (C=O) groups is 2. The average Bonchev–Trinajstić information content (AvgIpc) is 3.02. The smallest absolute Gasteiger partial charge is 0.282 e. The molecule has 0 aromatic heterocycles. The molecule has 0 aliphatic carbocycles. The van der Waals surface area contributed by atoms with Crippen LogP contribution in [0.3, 0.4) is 0 Å². The van der Waals surface area contributed by atoms with Crippen molar-refractivity contribution >= 4 is 40.4 Å². The fourth-order valence-corrected chi connectivity index (χ4v) is 3.70. The summed E-state index contributed by atoms with van der Waals surface area (Å²) in [5.41, 5.74) is 2.38. The van der Waals surface area contributed by atoms with Crippen molar-refractivity contribution < 1.29 is 18.7 Å². The molecule has 0 fully saturated rings. The molecule has 0 saturated carbocycles. The standard InChI is InChI=1S/C25H20ClFN2O3/c1-3-32-19-7-4-6-18(14-19)29-24(30)22(16-10-12-17(27)13-11-16)23(25(29)31)28-21-9-5-8-20(26)15(21)2/h4-14,28H,3H2,1-2H3.